The standard InChI is InChI=1S/C29H28N2/c1-29(2,3)26-16-14-24(15-17-26)28(25-18-20-30-21-19-25)31-27(22-10-6-4-7-11-22)23-12-8-5-9-13-23/h4-21,28H,1-3H3. The van der Waals surface area contributed by atoms with E-state index in [1.807, 2.05) is 24.5 Å². The monoisotopic (exact) mass is 404 g/mol. The summed E-state index contributed by atoms with van der Waals surface area (Å²) < 4.78 is 0. The van der Waals surface area contributed by atoms with Gasteiger partial charge >= 0.3 is 0 Å². The molecule has 0 saturated carbocycles. The normalized spacial score (nSPS) is 12.2. The molecule has 0 radical (unpaired) electrons. The minimum absolute atomic E-state index is 0.118. The van der Waals surface area contributed by atoms with Gasteiger partial charge in [-0.25, -0.2) is 0 Å². The molecule has 4 rings (SSSR count). The van der Waals surface area contributed by atoms with Gasteiger partial charge in [-0.15, -0.1) is 0 Å². The van der Waals surface area contributed by atoms with Gasteiger partial charge in [0.15, 0.2) is 0 Å². The lowest BCUT2D eigenvalue weighted by molar-refractivity contribution is 0.589. The molecule has 0 fully saturated rings. The first-order valence-electron chi connectivity index (χ1n) is 10.7. The van der Waals surface area contributed by atoms with Crippen molar-refractivity contribution in [2.24, 2.45) is 4.99 Å². The molecule has 2 heteroatoms. The molecule has 1 atom stereocenters. The van der Waals surface area contributed by atoms with Crippen molar-refractivity contribution in [3.05, 3.63) is 137 Å². The average molecular weight is 405 g/mol. The lowest BCUT2D eigenvalue weighted by Crippen LogP contribution is -2.12. The van der Waals surface area contributed by atoms with E-state index in [4.69, 9.17) is 4.99 Å². The van der Waals surface area contributed by atoms with Crippen molar-refractivity contribution in [3.63, 3.8) is 0 Å². The van der Waals surface area contributed by atoms with Gasteiger partial charge in [0.25, 0.3) is 0 Å². The molecular weight excluding hydrogens is 376 g/mol. The van der Waals surface area contributed by atoms with E-state index in [1.54, 1.807) is 0 Å². The molecule has 0 aliphatic rings. The van der Waals surface area contributed by atoms with E-state index >= 15 is 0 Å². The Bertz CT molecular complexity index is 1080. The molecule has 31 heavy (non-hydrogen) atoms. The third-order valence-corrected chi connectivity index (χ3v) is 5.47. The fourth-order valence-electron chi connectivity index (χ4n) is 3.69. The number of aromatic nitrogens is 1. The van der Waals surface area contributed by atoms with E-state index in [2.05, 4.69) is 111 Å². The van der Waals surface area contributed by atoms with Crippen molar-refractivity contribution in [2.45, 2.75) is 32.2 Å². The minimum atomic E-state index is -0.118. The van der Waals surface area contributed by atoms with Crippen molar-refractivity contribution in [1.29, 1.82) is 0 Å². The molecule has 0 N–H and O–H groups in total. The summed E-state index contributed by atoms with van der Waals surface area (Å²) in [5.41, 5.74) is 6.94. The van der Waals surface area contributed by atoms with Crippen LogP contribution in [0, 0.1) is 0 Å². The Morgan fingerprint density at radius 1 is 0.645 bits per heavy atom. The molecule has 0 aliphatic heterocycles. The number of benzene rings is 3. The van der Waals surface area contributed by atoms with Crippen LogP contribution >= 0.6 is 0 Å². The summed E-state index contributed by atoms with van der Waals surface area (Å²) in [4.78, 5) is 9.55. The summed E-state index contributed by atoms with van der Waals surface area (Å²) in [6, 6.07) is 33.7. The van der Waals surface area contributed by atoms with Gasteiger partial charge in [-0.2, -0.15) is 0 Å². The SMILES string of the molecule is CC(C)(C)c1ccc(C(N=C(c2ccccc2)c2ccccc2)c2ccncc2)cc1. The largest absolute Gasteiger partial charge is 0.271 e. The molecule has 3 aromatic carbocycles. The number of aliphatic imine (C=N–C) groups is 1. The molecule has 0 bridgehead atoms. The van der Waals surface area contributed by atoms with Gasteiger partial charge in [0.05, 0.1) is 5.71 Å². The van der Waals surface area contributed by atoms with E-state index in [0.29, 0.717) is 0 Å². The van der Waals surface area contributed by atoms with E-state index in [1.165, 1.54) is 11.1 Å². The summed E-state index contributed by atoms with van der Waals surface area (Å²) in [5, 5.41) is 0. The van der Waals surface area contributed by atoms with Crippen LogP contribution in [0.4, 0.5) is 0 Å². The molecule has 0 aliphatic carbocycles. The Labute approximate surface area is 185 Å². The summed E-state index contributed by atoms with van der Waals surface area (Å²) in [7, 11) is 0. The van der Waals surface area contributed by atoms with E-state index in [9.17, 15) is 0 Å². The Balaban J connectivity index is 1.87. The molecule has 0 spiro atoms. The maximum atomic E-state index is 5.34. The first-order chi connectivity index (χ1) is 15.0. The number of hydrogen-bond acceptors (Lipinski definition) is 2. The van der Waals surface area contributed by atoms with Crippen LogP contribution in [-0.2, 0) is 5.41 Å². The molecule has 1 heterocycles. The van der Waals surface area contributed by atoms with Crippen molar-refractivity contribution in [1.82, 2.24) is 4.98 Å². The summed E-state index contributed by atoms with van der Waals surface area (Å²) in [6.45, 7) is 6.72. The van der Waals surface area contributed by atoms with Crippen LogP contribution < -0.4 is 0 Å². The fraction of sp³-hybridized carbons (Fsp3) is 0.172. The molecule has 4 aromatic rings. The Hall–Kier alpha value is -3.52. The van der Waals surface area contributed by atoms with Crippen molar-refractivity contribution in [2.75, 3.05) is 0 Å². The predicted octanol–water partition coefficient (Wildman–Crippen LogP) is 7.01. The molecule has 0 saturated heterocycles. The third kappa shape index (κ3) is 4.97. The van der Waals surface area contributed by atoms with E-state index in [-0.39, 0.29) is 11.5 Å². The lowest BCUT2D eigenvalue weighted by atomic mass is 9.86. The summed E-state index contributed by atoms with van der Waals surface area (Å²) >= 11 is 0. The first-order valence-corrected chi connectivity index (χ1v) is 10.7. The van der Waals surface area contributed by atoms with Gasteiger partial charge in [0.1, 0.15) is 6.04 Å². The highest BCUT2D eigenvalue weighted by Crippen LogP contribution is 2.30. The van der Waals surface area contributed by atoms with Gasteiger partial charge < -0.3 is 0 Å². The lowest BCUT2D eigenvalue weighted by Gasteiger charge is -2.21. The number of nitrogens with zero attached hydrogens (tertiary/aromatic N) is 2. The minimum Gasteiger partial charge on any atom is -0.271 e. The quantitative estimate of drug-likeness (QED) is 0.329. The predicted molar refractivity (Wildman–Crippen MR) is 130 cm³/mol. The van der Waals surface area contributed by atoms with E-state index in [0.717, 1.165) is 22.4 Å². The highest BCUT2D eigenvalue weighted by Gasteiger charge is 2.18. The Morgan fingerprint density at radius 2 is 1.13 bits per heavy atom. The highest BCUT2D eigenvalue weighted by atomic mass is 14.8. The number of rotatable bonds is 5. The van der Waals surface area contributed by atoms with Crippen molar-refractivity contribution >= 4 is 5.71 Å². The maximum Gasteiger partial charge on any atom is 0.101 e. The Kier molecular flexibility index (Phi) is 6.08. The second-order valence-corrected chi connectivity index (χ2v) is 8.76. The van der Waals surface area contributed by atoms with Gasteiger partial charge in [-0.3, -0.25) is 9.98 Å². The number of hydrogen-bond donors (Lipinski definition) is 0. The van der Waals surface area contributed by atoms with Gasteiger partial charge in [0, 0.05) is 23.5 Å². The van der Waals surface area contributed by atoms with Crippen LogP contribution in [0.3, 0.4) is 0 Å². The second-order valence-electron chi connectivity index (χ2n) is 8.76. The molecule has 0 amide bonds. The fourth-order valence-corrected chi connectivity index (χ4v) is 3.69. The second kappa shape index (κ2) is 9.09. The molecular formula is C29H28N2. The summed E-state index contributed by atoms with van der Waals surface area (Å²) in [5.74, 6) is 0. The van der Waals surface area contributed by atoms with Crippen LogP contribution in [0.1, 0.15) is 54.6 Å². The molecule has 1 aromatic heterocycles. The third-order valence-electron chi connectivity index (χ3n) is 5.47. The highest BCUT2D eigenvalue weighted by molar-refractivity contribution is 6.13. The van der Waals surface area contributed by atoms with Gasteiger partial charge in [0.2, 0.25) is 0 Å². The number of pyridine rings is 1. The van der Waals surface area contributed by atoms with Crippen LogP contribution in [0.15, 0.2) is 114 Å². The zero-order chi connectivity index (χ0) is 21.7. The van der Waals surface area contributed by atoms with Crippen LogP contribution in [0.2, 0.25) is 0 Å². The molecule has 2 nitrogen and oxygen atoms in total. The van der Waals surface area contributed by atoms with Gasteiger partial charge in [-0.05, 0) is 34.2 Å². The smallest absolute Gasteiger partial charge is 0.101 e. The van der Waals surface area contributed by atoms with Crippen LogP contribution in [0.5, 0.6) is 0 Å². The zero-order valence-electron chi connectivity index (χ0n) is 18.4. The van der Waals surface area contributed by atoms with Gasteiger partial charge in [-0.1, -0.05) is 106 Å². The Morgan fingerprint density at radius 3 is 1.61 bits per heavy atom. The zero-order valence-corrected chi connectivity index (χ0v) is 18.4. The average Bonchev–Trinajstić information content (AvgIpc) is 2.81. The maximum absolute atomic E-state index is 5.34. The van der Waals surface area contributed by atoms with Crippen LogP contribution in [0.25, 0.3) is 0 Å². The van der Waals surface area contributed by atoms with Crippen molar-refractivity contribution in [3.8, 4) is 0 Å². The molecule has 1 unspecified atom stereocenters. The van der Waals surface area contributed by atoms with Crippen LogP contribution in [-0.4, -0.2) is 10.7 Å². The summed E-state index contributed by atoms with van der Waals surface area (Å²) in [6.07, 6.45) is 3.68. The van der Waals surface area contributed by atoms with Crippen molar-refractivity contribution < 1.29 is 0 Å². The first kappa shape index (κ1) is 20.7. The molecule has 154 valence electrons. The van der Waals surface area contributed by atoms with E-state index < -0.39 is 0 Å². The topological polar surface area (TPSA) is 25.2 Å².